The molecule has 6 nitrogen and oxygen atoms in total. The molecular weight excluding hydrogens is 212 g/mol. The van der Waals surface area contributed by atoms with Crippen LogP contribution in [0.1, 0.15) is 12.2 Å². The lowest BCUT2D eigenvalue weighted by molar-refractivity contribution is -0.157. The Morgan fingerprint density at radius 3 is 2.75 bits per heavy atom. The average molecular weight is 226 g/mol. The molecular formula is C10H14N2O4. The Bertz CT molecular complexity index is 386. The van der Waals surface area contributed by atoms with Crippen LogP contribution in [0.5, 0.6) is 0 Å². The van der Waals surface area contributed by atoms with E-state index in [9.17, 15) is 9.59 Å². The zero-order valence-electron chi connectivity index (χ0n) is 9.21. The Labute approximate surface area is 92.9 Å². The van der Waals surface area contributed by atoms with Gasteiger partial charge in [-0.1, -0.05) is 0 Å². The number of carbonyl (C=O) groups is 2. The van der Waals surface area contributed by atoms with Gasteiger partial charge in [0.2, 0.25) is 0 Å². The first-order valence-corrected chi connectivity index (χ1v) is 4.83. The van der Waals surface area contributed by atoms with Crippen molar-refractivity contribution in [2.24, 2.45) is 13.0 Å². The van der Waals surface area contributed by atoms with Gasteiger partial charge in [0.05, 0.1) is 7.11 Å². The summed E-state index contributed by atoms with van der Waals surface area (Å²) >= 11 is 0. The van der Waals surface area contributed by atoms with Crippen molar-refractivity contribution in [3.05, 3.63) is 18.2 Å². The summed E-state index contributed by atoms with van der Waals surface area (Å²) in [6.07, 6.45) is 4.01. The van der Waals surface area contributed by atoms with Crippen molar-refractivity contribution in [2.45, 2.75) is 12.8 Å². The molecule has 1 unspecified atom stereocenters. The summed E-state index contributed by atoms with van der Waals surface area (Å²) in [4.78, 5) is 26.0. The van der Waals surface area contributed by atoms with Gasteiger partial charge in [-0.15, -0.1) is 0 Å². The number of carboxylic acid groups (broad SMARTS) is 1. The molecule has 0 saturated heterocycles. The van der Waals surface area contributed by atoms with E-state index in [2.05, 4.69) is 9.72 Å². The number of esters is 1. The van der Waals surface area contributed by atoms with Crippen molar-refractivity contribution >= 4 is 11.9 Å². The zero-order chi connectivity index (χ0) is 12.1. The van der Waals surface area contributed by atoms with Crippen molar-refractivity contribution in [1.82, 2.24) is 9.55 Å². The number of hydrogen-bond donors (Lipinski definition) is 1. The van der Waals surface area contributed by atoms with E-state index in [1.807, 2.05) is 7.05 Å². The first kappa shape index (κ1) is 12.2. The van der Waals surface area contributed by atoms with Crippen LogP contribution in [0.3, 0.4) is 0 Å². The van der Waals surface area contributed by atoms with Gasteiger partial charge in [-0.25, -0.2) is 4.98 Å². The number of rotatable bonds is 5. The van der Waals surface area contributed by atoms with Crippen LogP contribution in [-0.2, 0) is 27.8 Å². The molecule has 0 bridgehead atoms. The molecule has 1 rings (SSSR count). The maximum absolute atomic E-state index is 11.2. The molecule has 1 aromatic heterocycles. The Morgan fingerprint density at radius 1 is 1.62 bits per heavy atom. The zero-order valence-corrected chi connectivity index (χ0v) is 9.21. The van der Waals surface area contributed by atoms with Crippen LogP contribution in [0.2, 0.25) is 0 Å². The molecule has 88 valence electrons. The predicted molar refractivity (Wildman–Crippen MR) is 54.7 cm³/mol. The molecule has 0 aliphatic carbocycles. The third-order valence-corrected chi connectivity index (χ3v) is 2.36. The first-order valence-electron chi connectivity index (χ1n) is 4.83. The van der Waals surface area contributed by atoms with Gasteiger partial charge in [-0.3, -0.25) is 9.59 Å². The summed E-state index contributed by atoms with van der Waals surface area (Å²) in [6.45, 7) is 0. The van der Waals surface area contributed by atoms with Gasteiger partial charge in [0.25, 0.3) is 0 Å². The van der Waals surface area contributed by atoms with E-state index in [0.29, 0.717) is 6.42 Å². The monoisotopic (exact) mass is 226 g/mol. The molecule has 1 N–H and O–H groups in total. The summed E-state index contributed by atoms with van der Waals surface area (Å²) in [6, 6.07) is 0. The molecule has 1 atom stereocenters. The van der Waals surface area contributed by atoms with Gasteiger partial charge in [-0.2, -0.15) is 0 Å². The van der Waals surface area contributed by atoms with E-state index in [-0.39, 0.29) is 6.42 Å². The van der Waals surface area contributed by atoms with Gasteiger partial charge in [0, 0.05) is 25.9 Å². The topological polar surface area (TPSA) is 81.4 Å². The van der Waals surface area contributed by atoms with Crippen molar-refractivity contribution < 1.29 is 19.4 Å². The van der Waals surface area contributed by atoms with Crippen LogP contribution >= 0.6 is 0 Å². The second-order valence-corrected chi connectivity index (χ2v) is 3.41. The van der Waals surface area contributed by atoms with Gasteiger partial charge in [-0.05, 0) is 6.42 Å². The number of methoxy groups -OCH3 is 1. The average Bonchev–Trinajstić information content (AvgIpc) is 2.64. The normalized spacial score (nSPS) is 12.1. The Balaban J connectivity index is 2.61. The molecule has 0 aliphatic heterocycles. The van der Waals surface area contributed by atoms with Crippen LogP contribution in [0, 0.1) is 5.92 Å². The van der Waals surface area contributed by atoms with Gasteiger partial charge in [0.1, 0.15) is 5.82 Å². The number of carboxylic acids is 1. The van der Waals surface area contributed by atoms with Gasteiger partial charge >= 0.3 is 11.9 Å². The van der Waals surface area contributed by atoms with Gasteiger partial charge < -0.3 is 14.4 Å². The number of aromatic nitrogens is 2. The van der Waals surface area contributed by atoms with Crippen molar-refractivity contribution in [3.8, 4) is 0 Å². The second-order valence-electron chi connectivity index (χ2n) is 3.41. The number of hydrogen-bond acceptors (Lipinski definition) is 4. The number of nitrogens with zero attached hydrogens (tertiary/aromatic N) is 2. The van der Waals surface area contributed by atoms with Crippen LogP contribution in [0.25, 0.3) is 0 Å². The van der Waals surface area contributed by atoms with Crippen molar-refractivity contribution in [1.29, 1.82) is 0 Å². The number of imidazole rings is 1. The van der Waals surface area contributed by atoms with E-state index in [1.165, 1.54) is 7.11 Å². The lowest BCUT2D eigenvalue weighted by Gasteiger charge is -2.09. The maximum atomic E-state index is 11.2. The molecule has 0 aliphatic rings. The lowest BCUT2D eigenvalue weighted by atomic mass is 10.0. The summed E-state index contributed by atoms with van der Waals surface area (Å²) in [5.74, 6) is -2.26. The summed E-state index contributed by atoms with van der Waals surface area (Å²) in [5.41, 5.74) is 0. The third-order valence-electron chi connectivity index (χ3n) is 2.36. The lowest BCUT2D eigenvalue weighted by Crippen LogP contribution is -2.25. The van der Waals surface area contributed by atoms with Crippen LogP contribution in [0.15, 0.2) is 12.4 Å². The fourth-order valence-corrected chi connectivity index (χ4v) is 1.40. The summed E-state index contributed by atoms with van der Waals surface area (Å²) < 4.78 is 6.21. The minimum Gasteiger partial charge on any atom is -0.481 e. The molecule has 0 spiro atoms. The Morgan fingerprint density at radius 2 is 2.31 bits per heavy atom. The fourth-order valence-electron chi connectivity index (χ4n) is 1.40. The first-order chi connectivity index (χ1) is 7.56. The molecule has 0 amide bonds. The second kappa shape index (κ2) is 5.29. The van der Waals surface area contributed by atoms with E-state index in [0.717, 1.165) is 5.82 Å². The highest BCUT2D eigenvalue weighted by Crippen LogP contribution is 2.10. The highest BCUT2D eigenvalue weighted by atomic mass is 16.5. The predicted octanol–water partition coefficient (Wildman–Crippen LogP) is 0.226. The quantitative estimate of drug-likeness (QED) is 0.574. The molecule has 6 heteroatoms. The third kappa shape index (κ3) is 2.82. The molecule has 16 heavy (non-hydrogen) atoms. The van der Waals surface area contributed by atoms with Crippen molar-refractivity contribution in [2.75, 3.05) is 7.11 Å². The van der Waals surface area contributed by atoms with Crippen LogP contribution in [0.4, 0.5) is 0 Å². The smallest absolute Gasteiger partial charge is 0.320 e. The fraction of sp³-hybridized carbons (Fsp3) is 0.500. The highest BCUT2D eigenvalue weighted by Gasteiger charge is 2.27. The summed E-state index contributed by atoms with van der Waals surface area (Å²) in [5, 5.41) is 8.84. The van der Waals surface area contributed by atoms with E-state index in [4.69, 9.17) is 5.11 Å². The Kier molecular flexibility index (Phi) is 4.04. The molecule has 0 radical (unpaired) electrons. The minimum absolute atomic E-state index is 0.187. The van der Waals surface area contributed by atoms with E-state index < -0.39 is 17.9 Å². The SMILES string of the molecule is COC(=O)C(CCc1nccn1C)C(=O)O. The largest absolute Gasteiger partial charge is 0.481 e. The number of aliphatic carboxylic acids is 1. The van der Waals surface area contributed by atoms with E-state index in [1.54, 1.807) is 17.0 Å². The standard InChI is InChI=1S/C10H14N2O4/c1-12-6-5-11-8(12)4-3-7(9(13)14)10(15)16-2/h5-7H,3-4H2,1-2H3,(H,13,14). The Hall–Kier alpha value is -1.85. The van der Waals surface area contributed by atoms with Crippen molar-refractivity contribution in [3.63, 3.8) is 0 Å². The van der Waals surface area contributed by atoms with Gasteiger partial charge in [0.15, 0.2) is 5.92 Å². The number of ether oxygens (including phenoxy) is 1. The van der Waals surface area contributed by atoms with E-state index >= 15 is 0 Å². The van der Waals surface area contributed by atoms with Crippen LogP contribution in [-0.4, -0.2) is 33.7 Å². The molecule has 1 aromatic rings. The molecule has 1 heterocycles. The number of aryl methyl sites for hydroxylation is 2. The van der Waals surface area contributed by atoms with Crippen LogP contribution < -0.4 is 0 Å². The summed E-state index contributed by atoms with van der Waals surface area (Å²) in [7, 11) is 3.00. The molecule has 0 aromatic carbocycles. The molecule has 0 saturated carbocycles. The maximum Gasteiger partial charge on any atom is 0.320 e. The molecule has 0 fully saturated rings. The number of carbonyl (C=O) groups excluding carboxylic acids is 1. The minimum atomic E-state index is -1.17. The highest BCUT2D eigenvalue weighted by molar-refractivity contribution is 5.93.